The Hall–Kier alpha value is -1.37. The molecule has 6 nitrogen and oxygen atoms in total. The van der Waals surface area contributed by atoms with Gasteiger partial charge in [-0.25, -0.2) is 0 Å². The lowest BCUT2D eigenvalue weighted by Gasteiger charge is -2.34. The molecule has 2 aliphatic heterocycles. The van der Waals surface area contributed by atoms with E-state index in [0.717, 1.165) is 52.0 Å². The van der Waals surface area contributed by atoms with Crippen molar-refractivity contribution < 1.29 is 9.59 Å². The van der Waals surface area contributed by atoms with Crippen LogP contribution in [0.3, 0.4) is 0 Å². The van der Waals surface area contributed by atoms with E-state index < -0.39 is 0 Å². The van der Waals surface area contributed by atoms with Crippen molar-refractivity contribution in [3.05, 3.63) is 30.1 Å². The van der Waals surface area contributed by atoms with Crippen molar-refractivity contribution in [2.45, 2.75) is 19.3 Å². The lowest BCUT2D eigenvalue weighted by atomic mass is 9.95. The summed E-state index contributed by atoms with van der Waals surface area (Å²) in [6, 6.07) is 3.46. The Morgan fingerprint density at radius 2 is 1.72 bits per heavy atom. The van der Waals surface area contributed by atoms with Gasteiger partial charge in [0.2, 0.25) is 5.91 Å². The van der Waals surface area contributed by atoms with Gasteiger partial charge in [0.15, 0.2) is 0 Å². The Kier molecular flexibility index (Phi) is 9.17. The van der Waals surface area contributed by atoms with Crippen LogP contribution in [-0.2, 0) is 4.79 Å². The molecule has 140 valence electrons. The summed E-state index contributed by atoms with van der Waals surface area (Å²) in [5.41, 5.74) is 0.645. The summed E-state index contributed by atoms with van der Waals surface area (Å²) in [6.45, 7) is 4.68. The fourth-order valence-electron chi connectivity index (χ4n) is 3.36. The van der Waals surface area contributed by atoms with Gasteiger partial charge in [0.1, 0.15) is 0 Å². The van der Waals surface area contributed by atoms with Crippen molar-refractivity contribution in [2.24, 2.45) is 5.92 Å². The first kappa shape index (κ1) is 21.7. The van der Waals surface area contributed by atoms with E-state index in [9.17, 15) is 9.59 Å². The number of pyridine rings is 1. The monoisotopic (exact) mass is 388 g/mol. The van der Waals surface area contributed by atoms with Crippen LogP contribution in [0.25, 0.3) is 0 Å². The molecular formula is C17H26Cl2N4O2. The Labute approximate surface area is 161 Å². The number of likely N-dealkylation sites (tertiary alicyclic amines) is 1. The zero-order valence-electron chi connectivity index (χ0n) is 14.2. The third kappa shape index (κ3) is 5.56. The van der Waals surface area contributed by atoms with Gasteiger partial charge in [-0.1, -0.05) is 0 Å². The van der Waals surface area contributed by atoms with Crippen LogP contribution in [0.2, 0.25) is 0 Å². The highest BCUT2D eigenvalue weighted by atomic mass is 35.5. The lowest BCUT2D eigenvalue weighted by Crippen LogP contribution is -2.47. The van der Waals surface area contributed by atoms with Gasteiger partial charge in [-0.3, -0.25) is 14.6 Å². The van der Waals surface area contributed by atoms with Gasteiger partial charge in [0.05, 0.1) is 5.92 Å². The molecule has 2 fully saturated rings. The lowest BCUT2D eigenvalue weighted by molar-refractivity contribution is -0.136. The van der Waals surface area contributed by atoms with E-state index in [0.29, 0.717) is 12.1 Å². The fraction of sp³-hybridized carbons (Fsp3) is 0.588. The summed E-state index contributed by atoms with van der Waals surface area (Å²) < 4.78 is 0. The first-order valence-corrected chi connectivity index (χ1v) is 8.44. The molecule has 0 bridgehead atoms. The maximum atomic E-state index is 12.8. The number of nitrogens with one attached hydrogen (secondary N) is 1. The highest BCUT2D eigenvalue weighted by molar-refractivity contribution is 5.94. The molecule has 3 heterocycles. The number of nitrogens with zero attached hydrogens (tertiary/aromatic N) is 3. The standard InChI is InChI=1S/C17H24N4O2.2ClH/c22-16(14-4-7-19-8-5-14)21-10-1-3-15(13-21)17(23)20-11-2-6-18-9-12-20;;/h4-5,7-8,15,18H,1-3,6,9-13H2;2*1H. The van der Waals surface area contributed by atoms with Gasteiger partial charge >= 0.3 is 0 Å². The molecule has 3 rings (SSSR count). The normalized spacial score (nSPS) is 20.7. The Bertz CT molecular complexity index is 551. The van der Waals surface area contributed by atoms with Crippen molar-refractivity contribution >= 4 is 36.6 Å². The first-order chi connectivity index (χ1) is 11.3. The molecule has 2 aliphatic rings. The number of hydrogen-bond acceptors (Lipinski definition) is 4. The molecule has 0 spiro atoms. The molecule has 1 aromatic heterocycles. The van der Waals surface area contributed by atoms with Gasteiger partial charge in [0.25, 0.3) is 5.91 Å². The third-order valence-corrected chi connectivity index (χ3v) is 4.64. The molecule has 0 radical (unpaired) electrons. The van der Waals surface area contributed by atoms with Crippen LogP contribution in [0.4, 0.5) is 0 Å². The molecule has 2 amide bonds. The Morgan fingerprint density at radius 1 is 1.00 bits per heavy atom. The molecule has 1 N–H and O–H groups in total. The highest BCUT2D eigenvalue weighted by Gasteiger charge is 2.31. The number of piperidine rings is 1. The molecule has 8 heteroatoms. The van der Waals surface area contributed by atoms with E-state index in [2.05, 4.69) is 10.3 Å². The average molecular weight is 389 g/mol. The molecule has 0 saturated carbocycles. The van der Waals surface area contributed by atoms with E-state index in [-0.39, 0.29) is 42.5 Å². The molecule has 1 atom stereocenters. The van der Waals surface area contributed by atoms with Crippen LogP contribution in [-0.4, -0.2) is 65.9 Å². The molecule has 0 aromatic carbocycles. The maximum absolute atomic E-state index is 12.8. The molecule has 1 aromatic rings. The van der Waals surface area contributed by atoms with Gasteiger partial charge < -0.3 is 15.1 Å². The number of aromatic nitrogens is 1. The minimum absolute atomic E-state index is 0. The molecular weight excluding hydrogens is 363 g/mol. The number of carbonyl (C=O) groups excluding carboxylic acids is 2. The van der Waals surface area contributed by atoms with Crippen LogP contribution in [0, 0.1) is 5.92 Å². The second kappa shape index (κ2) is 10.6. The van der Waals surface area contributed by atoms with E-state index >= 15 is 0 Å². The number of rotatable bonds is 2. The smallest absolute Gasteiger partial charge is 0.253 e. The Balaban J connectivity index is 0.00000156. The van der Waals surface area contributed by atoms with E-state index in [1.807, 2.05) is 9.80 Å². The minimum Gasteiger partial charge on any atom is -0.341 e. The van der Waals surface area contributed by atoms with Crippen LogP contribution in [0.1, 0.15) is 29.6 Å². The third-order valence-electron chi connectivity index (χ3n) is 4.64. The number of carbonyl (C=O) groups is 2. The average Bonchev–Trinajstić information content (AvgIpc) is 2.91. The summed E-state index contributed by atoms with van der Waals surface area (Å²) >= 11 is 0. The minimum atomic E-state index is -0.0624. The summed E-state index contributed by atoms with van der Waals surface area (Å²) in [5.74, 6) is 0.149. The van der Waals surface area contributed by atoms with Crippen LogP contribution >= 0.6 is 24.8 Å². The van der Waals surface area contributed by atoms with Crippen LogP contribution in [0.5, 0.6) is 0 Å². The van der Waals surface area contributed by atoms with Gasteiger partial charge in [-0.2, -0.15) is 0 Å². The number of hydrogen-bond donors (Lipinski definition) is 1. The quantitative estimate of drug-likeness (QED) is 0.835. The molecule has 2 saturated heterocycles. The molecule has 25 heavy (non-hydrogen) atoms. The summed E-state index contributed by atoms with van der Waals surface area (Å²) in [7, 11) is 0. The maximum Gasteiger partial charge on any atom is 0.253 e. The molecule has 0 aliphatic carbocycles. The predicted molar refractivity (Wildman–Crippen MR) is 101 cm³/mol. The SMILES string of the molecule is Cl.Cl.O=C(c1ccncc1)N1CCCC(C(=O)N2CCCNCC2)C1. The van der Waals surface area contributed by atoms with Crippen molar-refractivity contribution in [3.8, 4) is 0 Å². The first-order valence-electron chi connectivity index (χ1n) is 8.44. The fourth-order valence-corrected chi connectivity index (χ4v) is 3.36. The van der Waals surface area contributed by atoms with Crippen molar-refractivity contribution in [1.29, 1.82) is 0 Å². The summed E-state index contributed by atoms with van der Waals surface area (Å²) in [5, 5.41) is 3.32. The van der Waals surface area contributed by atoms with Crippen molar-refractivity contribution in [2.75, 3.05) is 39.3 Å². The Morgan fingerprint density at radius 3 is 2.48 bits per heavy atom. The van der Waals surface area contributed by atoms with Crippen LogP contribution < -0.4 is 5.32 Å². The summed E-state index contributed by atoms with van der Waals surface area (Å²) in [6.07, 6.45) is 6.02. The zero-order valence-corrected chi connectivity index (χ0v) is 15.9. The topological polar surface area (TPSA) is 65.5 Å². The van der Waals surface area contributed by atoms with Gasteiger partial charge in [-0.05, 0) is 37.9 Å². The predicted octanol–water partition coefficient (Wildman–Crippen LogP) is 1.60. The van der Waals surface area contributed by atoms with Gasteiger partial charge in [0, 0.05) is 50.7 Å². The summed E-state index contributed by atoms with van der Waals surface area (Å²) in [4.78, 5) is 33.1. The van der Waals surface area contributed by atoms with Crippen LogP contribution in [0.15, 0.2) is 24.5 Å². The van der Waals surface area contributed by atoms with E-state index in [1.165, 1.54) is 0 Å². The van der Waals surface area contributed by atoms with E-state index in [4.69, 9.17) is 0 Å². The largest absolute Gasteiger partial charge is 0.341 e. The zero-order chi connectivity index (χ0) is 16.1. The van der Waals surface area contributed by atoms with Crippen molar-refractivity contribution in [1.82, 2.24) is 20.1 Å². The second-order valence-corrected chi connectivity index (χ2v) is 6.26. The van der Waals surface area contributed by atoms with E-state index in [1.54, 1.807) is 24.5 Å². The number of halogens is 2. The molecule has 1 unspecified atom stereocenters. The van der Waals surface area contributed by atoms with Gasteiger partial charge in [-0.15, -0.1) is 24.8 Å². The number of amides is 2. The highest BCUT2D eigenvalue weighted by Crippen LogP contribution is 2.21. The van der Waals surface area contributed by atoms with Crippen molar-refractivity contribution in [3.63, 3.8) is 0 Å². The second-order valence-electron chi connectivity index (χ2n) is 6.26.